The number of imide groups is 1. The first kappa shape index (κ1) is 17.9. The molecule has 0 aromatic carbocycles. The molecule has 26 heavy (non-hydrogen) atoms. The fraction of sp³-hybridized carbons (Fsp3) is 0.235. The summed E-state index contributed by atoms with van der Waals surface area (Å²) in [5.41, 5.74) is 1.60. The van der Waals surface area contributed by atoms with E-state index in [1.807, 2.05) is 0 Å². The first-order chi connectivity index (χ1) is 12.5. The maximum Gasteiger partial charge on any atom is 0.293 e. The van der Waals surface area contributed by atoms with Gasteiger partial charge in [0.25, 0.3) is 17.1 Å². The largest absolute Gasteiger partial charge is 0.361 e. The van der Waals surface area contributed by atoms with Gasteiger partial charge in [-0.05, 0) is 43.3 Å². The van der Waals surface area contributed by atoms with Gasteiger partial charge in [0.2, 0.25) is 0 Å². The van der Waals surface area contributed by atoms with Crippen molar-refractivity contribution in [2.24, 2.45) is 0 Å². The third-order valence-electron chi connectivity index (χ3n) is 3.74. The number of aromatic nitrogens is 2. The number of carbonyl (C=O) groups excluding carboxylic acids is 3. The van der Waals surface area contributed by atoms with Gasteiger partial charge in [-0.2, -0.15) is 0 Å². The minimum absolute atomic E-state index is 0.0875. The zero-order valence-corrected chi connectivity index (χ0v) is 15.0. The molecule has 0 radical (unpaired) electrons. The van der Waals surface area contributed by atoms with Crippen molar-refractivity contribution < 1.29 is 18.9 Å². The lowest BCUT2D eigenvalue weighted by Crippen LogP contribution is -2.37. The number of aryl methyl sites for hydroxylation is 2. The molecule has 0 saturated carbocycles. The third-order valence-corrected chi connectivity index (χ3v) is 4.64. The molecule has 134 valence electrons. The van der Waals surface area contributed by atoms with E-state index in [0.717, 1.165) is 22.2 Å². The number of pyridine rings is 1. The van der Waals surface area contributed by atoms with Gasteiger partial charge >= 0.3 is 0 Å². The number of nitrogens with zero attached hydrogens (tertiary/aromatic N) is 3. The normalized spacial score (nSPS) is 15.8. The number of nitrogens with one attached hydrogen (secondary N) is 1. The molecule has 3 amide bonds. The zero-order valence-electron chi connectivity index (χ0n) is 14.2. The molecule has 1 fully saturated rings. The van der Waals surface area contributed by atoms with Gasteiger partial charge in [0.1, 0.15) is 11.3 Å². The first-order valence-electron chi connectivity index (χ1n) is 7.84. The molecular weight excluding hydrogens is 356 g/mol. The van der Waals surface area contributed by atoms with Crippen LogP contribution in [-0.4, -0.2) is 45.2 Å². The van der Waals surface area contributed by atoms with E-state index in [4.69, 9.17) is 4.52 Å². The zero-order chi connectivity index (χ0) is 18.7. The number of rotatable bonds is 5. The molecule has 0 spiro atoms. The molecule has 2 aromatic rings. The van der Waals surface area contributed by atoms with E-state index < -0.39 is 0 Å². The van der Waals surface area contributed by atoms with Crippen molar-refractivity contribution in [1.29, 1.82) is 0 Å². The van der Waals surface area contributed by atoms with Crippen molar-refractivity contribution in [2.75, 3.05) is 13.1 Å². The minimum Gasteiger partial charge on any atom is -0.361 e. The average molecular weight is 372 g/mol. The molecule has 1 aliphatic heterocycles. The van der Waals surface area contributed by atoms with Crippen LogP contribution >= 0.6 is 11.8 Å². The molecule has 3 heterocycles. The highest BCUT2D eigenvalue weighted by Crippen LogP contribution is 2.31. The Kier molecular flexibility index (Phi) is 5.17. The summed E-state index contributed by atoms with van der Waals surface area (Å²) >= 11 is 0.871. The second-order valence-electron chi connectivity index (χ2n) is 5.57. The standard InChI is InChI=1S/C17H16N4O4S/c1-10-14(11(2)25-20-10)15(22)19-6-7-21-16(23)13(26-17(21)24)8-12-4-3-5-18-9-12/h3-5,8-9H,6-7H2,1-2H3,(H,19,22)/b13-8+. The molecule has 1 N–H and O–H groups in total. The van der Waals surface area contributed by atoms with Crippen LogP contribution in [0.15, 0.2) is 34.0 Å². The Morgan fingerprint density at radius 3 is 2.85 bits per heavy atom. The minimum atomic E-state index is -0.379. The van der Waals surface area contributed by atoms with E-state index >= 15 is 0 Å². The van der Waals surface area contributed by atoms with Crippen molar-refractivity contribution in [1.82, 2.24) is 20.4 Å². The predicted octanol–water partition coefficient (Wildman–Crippen LogP) is 2.15. The lowest BCUT2D eigenvalue weighted by atomic mass is 10.2. The van der Waals surface area contributed by atoms with Gasteiger partial charge in [0.05, 0.1) is 10.6 Å². The van der Waals surface area contributed by atoms with Crippen LogP contribution in [0.2, 0.25) is 0 Å². The lowest BCUT2D eigenvalue weighted by Gasteiger charge is -2.12. The highest BCUT2D eigenvalue weighted by Gasteiger charge is 2.34. The van der Waals surface area contributed by atoms with Crippen LogP contribution in [0.25, 0.3) is 6.08 Å². The molecule has 2 aromatic heterocycles. The summed E-state index contributed by atoms with van der Waals surface area (Å²) in [4.78, 5) is 42.0. The van der Waals surface area contributed by atoms with Gasteiger partial charge in [-0.1, -0.05) is 11.2 Å². The van der Waals surface area contributed by atoms with Gasteiger partial charge in [0, 0.05) is 25.5 Å². The van der Waals surface area contributed by atoms with Gasteiger partial charge in [-0.15, -0.1) is 0 Å². The van der Waals surface area contributed by atoms with Crippen LogP contribution in [0.5, 0.6) is 0 Å². The van der Waals surface area contributed by atoms with Gasteiger partial charge < -0.3 is 9.84 Å². The predicted molar refractivity (Wildman–Crippen MR) is 95.2 cm³/mol. The van der Waals surface area contributed by atoms with E-state index in [0.29, 0.717) is 21.9 Å². The highest BCUT2D eigenvalue weighted by molar-refractivity contribution is 8.18. The monoisotopic (exact) mass is 372 g/mol. The third kappa shape index (κ3) is 3.67. The second kappa shape index (κ2) is 7.52. The molecule has 8 nitrogen and oxygen atoms in total. The molecule has 0 unspecified atom stereocenters. The fourth-order valence-corrected chi connectivity index (χ4v) is 3.35. The number of hydrogen-bond acceptors (Lipinski definition) is 7. The van der Waals surface area contributed by atoms with E-state index in [2.05, 4.69) is 15.5 Å². The molecule has 9 heteroatoms. The summed E-state index contributed by atoms with van der Waals surface area (Å²) in [6.07, 6.45) is 4.86. The summed E-state index contributed by atoms with van der Waals surface area (Å²) in [5.74, 6) is -0.305. The van der Waals surface area contributed by atoms with Crippen LogP contribution < -0.4 is 5.32 Å². The molecule has 1 saturated heterocycles. The van der Waals surface area contributed by atoms with Gasteiger partial charge in [-0.25, -0.2) is 0 Å². The molecule has 0 atom stereocenters. The summed E-state index contributed by atoms with van der Waals surface area (Å²) in [5, 5.41) is 6.04. The highest BCUT2D eigenvalue weighted by atomic mass is 32.2. The van der Waals surface area contributed by atoms with E-state index in [-0.39, 0.29) is 30.1 Å². The molecule has 3 rings (SSSR count). The summed E-state index contributed by atoms with van der Waals surface area (Å²) in [7, 11) is 0. The Hall–Kier alpha value is -2.94. The first-order valence-corrected chi connectivity index (χ1v) is 8.65. The topological polar surface area (TPSA) is 105 Å². The molecule has 0 aliphatic carbocycles. The summed E-state index contributed by atoms with van der Waals surface area (Å²) in [6.45, 7) is 3.55. The van der Waals surface area contributed by atoms with Crippen molar-refractivity contribution >= 4 is 34.9 Å². The summed E-state index contributed by atoms with van der Waals surface area (Å²) in [6, 6.07) is 3.55. The van der Waals surface area contributed by atoms with Crippen molar-refractivity contribution in [2.45, 2.75) is 13.8 Å². The number of thioether (sulfide) groups is 1. The maximum absolute atomic E-state index is 12.4. The Labute approximate surface area is 153 Å². The fourth-order valence-electron chi connectivity index (χ4n) is 2.48. The second-order valence-corrected chi connectivity index (χ2v) is 6.57. The smallest absolute Gasteiger partial charge is 0.293 e. The molecule has 0 bridgehead atoms. The van der Waals surface area contributed by atoms with Crippen molar-refractivity contribution in [3.63, 3.8) is 0 Å². The summed E-state index contributed by atoms with van der Waals surface area (Å²) < 4.78 is 4.96. The van der Waals surface area contributed by atoms with Crippen molar-refractivity contribution in [3.05, 3.63) is 52.0 Å². The van der Waals surface area contributed by atoms with E-state index in [1.165, 1.54) is 0 Å². The maximum atomic E-state index is 12.4. The van der Waals surface area contributed by atoms with Crippen LogP contribution in [0, 0.1) is 13.8 Å². The van der Waals surface area contributed by atoms with Crippen LogP contribution in [-0.2, 0) is 4.79 Å². The SMILES string of the molecule is Cc1noc(C)c1C(=O)NCCN1C(=O)S/C(=C/c2cccnc2)C1=O. The molecular formula is C17H16N4O4S. The number of carbonyl (C=O) groups is 3. The van der Waals surface area contributed by atoms with Gasteiger partial charge in [0.15, 0.2) is 0 Å². The van der Waals surface area contributed by atoms with E-state index in [1.54, 1.807) is 44.4 Å². The Bertz CT molecular complexity index is 872. The Balaban J connectivity index is 1.60. The Morgan fingerprint density at radius 1 is 1.38 bits per heavy atom. The van der Waals surface area contributed by atoms with Crippen LogP contribution in [0.1, 0.15) is 27.4 Å². The molecule has 1 aliphatic rings. The Morgan fingerprint density at radius 2 is 2.19 bits per heavy atom. The number of hydrogen-bond donors (Lipinski definition) is 1. The average Bonchev–Trinajstić information content (AvgIpc) is 3.09. The van der Waals surface area contributed by atoms with Crippen LogP contribution in [0.3, 0.4) is 0 Å². The van der Waals surface area contributed by atoms with Gasteiger partial charge in [-0.3, -0.25) is 24.3 Å². The lowest BCUT2D eigenvalue weighted by molar-refractivity contribution is -0.122. The quantitative estimate of drug-likeness (QED) is 0.802. The van der Waals surface area contributed by atoms with Crippen molar-refractivity contribution in [3.8, 4) is 0 Å². The number of amides is 3. The van der Waals surface area contributed by atoms with E-state index in [9.17, 15) is 14.4 Å². The van der Waals surface area contributed by atoms with Crippen LogP contribution in [0.4, 0.5) is 4.79 Å².